The van der Waals surface area contributed by atoms with Crippen molar-refractivity contribution in [3.05, 3.63) is 81.1 Å². The van der Waals surface area contributed by atoms with Gasteiger partial charge in [-0.1, -0.05) is 12.1 Å². The Bertz CT molecular complexity index is 985. The standard InChI is InChI=1S/C19H16BrF2N3O/c1-11-18(20)12(2)25(24-11)10-13-4-3-5-14(8-13)19(26)23-15-6-7-16(21)17(22)9-15/h3-9H,10H2,1-2H3,(H,23,26). The second kappa shape index (κ2) is 7.37. The minimum absolute atomic E-state index is 0.196. The van der Waals surface area contributed by atoms with Crippen LogP contribution in [0.5, 0.6) is 0 Å². The number of hydrogen-bond acceptors (Lipinski definition) is 2. The summed E-state index contributed by atoms with van der Waals surface area (Å²) >= 11 is 3.49. The first kappa shape index (κ1) is 18.3. The van der Waals surface area contributed by atoms with Crippen molar-refractivity contribution in [1.29, 1.82) is 0 Å². The van der Waals surface area contributed by atoms with Gasteiger partial charge in [-0.15, -0.1) is 0 Å². The van der Waals surface area contributed by atoms with Gasteiger partial charge in [0.2, 0.25) is 0 Å². The molecule has 1 N–H and O–H groups in total. The second-order valence-electron chi connectivity index (χ2n) is 5.93. The summed E-state index contributed by atoms with van der Waals surface area (Å²) < 4.78 is 29.1. The van der Waals surface area contributed by atoms with E-state index in [0.717, 1.165) is 33.6 Å². The van der Waals surface area contributed by atoms with Crippen LogP contribution in [-0.2, 0) is 6.54 Å². The summed E-state index contributed by atoms with van der Waals surface area (Å²) in [6, 6.07) is 10.3. The number of nitrogens with one attached hydrogen (secondary N) is 1. The van der Waals surface area contributed by atoms with E-state index in [1.54, 1.807) is 18.2 Å². The number of carbonyl (C=O) groups excluding carboxylic acids is 1. The molecule has 1 aromatic heterocycles. The van der Waals surface area contributed by atoms with Crippen LogP contribution < -0.4 is 5.32 Å². The molecule has 0 aliphatic carbocycles. The fraction of sp³-hybridized carbons (Fsp3) is 0.158. The molecule has 1 amide bonds. The Balaban J connectivity index is 1.78. The molecule has 0 saturated heterocycles. The zero-order valence-electron chi connectivity index (χ0n) is 14.2. The summed E-state index contributed by atoms with van der Waals surface area (Å²) in [7, 11) is 0. The fourth-order valence-corrected chi connectivity index (χ4v) is 2.87. The smallest absolute Gasteiger partial charge is 0.255 e. The highest BCUT2D eigenvalue weighted by Gasteiger charge is 2.12. The molecular formula is C19H16BrF2N3O. The summed E-state index contributed by atoms with van der Waals surface area (Å²) in [5, 5.41) is 7.02. The molecule has 134 valence electrons. The number of benzene rings is 2. The number of hydrogen-bond donors (Lipinski definition) is 1. The minimum atomic E-state index is -1.01. The lowest BCUT2D eigenvalue weighted by molar-refractivity contribution is 0.102. The zero-order valence-corrected chi connectivity index (χ0v) is 15.8. The molecule has 0 unspecified atom stereocenters. The number of anilines is 1. The van der Waals surface area contributed by atoms with Gasteiger partial charge in [-0.2, -0.15) is 5.10 Å². The Morgan fingerprint density at radius 3 is 2.58 bits per heavy atom. The highest BCUT2D eigenvalue weighted by Crippen LogP contribution is 2.21. The predicted octanol–water partition coefficient (Wildman–Crippen LogP) is 4.84. The molecule has 0 saturated carbocycles. The second-order valence-corrected chi connectivity index (χ2v) is 6.72. The molecule has 3 rings (SSSR count). The van der Waals surface area contributed by atoms with Crippen molar-refractivity contribution in [3.63, 3.8) is 0 Å². The van der Waals surface area contributed by atoms with Gasteiger partial charge in [0.1, 0.15) is 0 Å². The van der Waals surface area contributed by atoms with Crippen molar-refractivity contribution in [1.82, 2.24) is 9.78 Å². The Labute approximate surface area is 158 Å². The molecule has 0 atom stereocenters. The van der Waals surface area contributed by atoms with E-state index in [1.165, 1.54) is 6.07 Å². The quantitative estimate of drug-likeness (QED) is 0.657. The number of halogens is 3. The number of carbonyl (C=O) groups is 1. The SMILES string of the molecule is Cc1nn(Cc2cccc(C(=O)Nc3ccc(F)c(F)c3)c2)c(C)c1Br. The maximum absolute atomic E-state index is 13.3. The van der Waals surface area contributed by atoms with Crippen LogP contribution in [0.3, 0.4) is 0 Å². The molecule has 4 nitrogen and oxygen atoms in total. The number of nitrogens with zero attached hydrogens (tertiary/aromatic N) is 2. The molecular weight excluding hydrogens is 404 g/mol. The van der Waals surface area contributed by atoms with Crippen molar-refractivity contribution in [3.8, 4) is 0 Å². The fourth-order valence-electron chi connectivity index (χ4n) is 2.59. The van der Waals surface area contributed by atoms with E-state index in [0.29, 0.717) is 12.1 Å². The van der Waals surface area contributed by atoms with Crippen LogP contribution in [-0.4, -0.2) is 15.7 Å². The maximum Gasteiger partial charge on any atom is 0.255 e. The first-order valence-corrected chi connectivity index (χ1v) is 8.69. The third kappa shape index (κ3) is 3.83. The zero-order chi connectivity index (χ0) is 18.8. The lowest BCUT2D eigenvalue weighted by Crippen LogP contribution is -2.13. The molecule has 0 aliphatic rings. The van der Waals surface area contributed by atoms with Crippen LogP contribution in [0, 0.1) is 25.5 Å². The van der Waals surface area contributed by atoms with E-state index >= 15 is 0 Å². The van der Waals surface area contributed by atoms with Crippen LogP contribution in [0.4, 0.5) is 14.5 Å². The van der Waals surface area contributed by atoms with Crippen molar-refractivity contribution in [2.24, 2.45) is 0 Å². The molecule has 3 aromatic rings. The van der Waals surface area contributed by atoms with Gasteiger partial charge in [0, 0.05) is 17.3 Å². The number of amides is 1. The number of aromatic nitrogens is 2. The molecule has 26 heavy (non-hydrogen) atoms. The van der Waals surface area contributed by atoms with Crippen molar-refractivity contribution in [2.75, 3.05) is 5.32 Å². The average molecular weight is 420 g/mol. The lowest BCUT2D eigenvalue weighted by atomic mass is 10.1. The summed E-state index contributed by atoms with van der Waals surface area (Å²) in [6.07, 6.45) is 0. The molecule has 1 heterocycles. The highest BCUT2D eigenvalue weighted by atomic mass is 79.9. The van der Waals surface area contributed by atoms with Gasteiger partial charge in [-0.25, -0.2) is 8.78 Å². The van der Waals surface area contributed by atoms with E-state index < -0.39 is 17.5 Å². The van der Waals surface area contributed by atoms with Crippen LogP contribution >= 0.6 is 15.9 Å². The van der Waals surface area contributed by atoms with Crippen LogP contribution in [0.15, 0.2) is 46.9 Å². The number of aryl methyl sites for hydroxylation is 1. The predicted molar refractivity (Wildman–Crippen MR) is 99.3 cm³/mol. The van der Waals surface area contributed by atoms with Crippen LogP contribution in [0.1, 0.15) is 27.3 Å². The molecule has 0 aliphatic heterocycles. The topological polar surface area (TPSA) is 46.9 Å². The van der Waals surface area contributed by atoms with Crippen molar-refractivity contribution >= 4 is 27.5 Å². The van der Waals surface area contributed by atoms with Gasteiger partial charge in [-0.3, -0.25) is 9.48 Å². The Hall–Kier alpha value is -2.54. The number of rotatable bonds is 4. The van der Waals surface area contributed by atoms with Crippen LogP contribution in [0.25, 0.3) is 0 Å². The molecule has 7 heteroatoms. The lowest BCUT2D eigenvalue weighted by Gasteiger charge is -2.09. The monoisotopic (exact) mass is 419 g/mol. The summed E-state index contributed by atoms with van der Waals surface area (Å²) in [5.41, 5.74) is 3.42. The molecule has 0 bridgehead atoms. The Morgan fingerprint density at radius 1 is 1.15 bits per heavy atom. The van der Waals surface area contributed by atoms with Gasteiger partial charge in [-0.05, 0) is 59.6 Å². The maximum atomic E-state index is 13.3. The van der Waals surface area contributed by atoms with Crippen LogP contribution in [0.2, 0.25) is 0 Å². The minimum Gasteiger partial charge on any atom is -0.322 e. The van der Waals surface area contributed by atoms with Gasteiger partial charge in [0.15, 0.2) is 11.6 Å². The van der Waals surface area contributed by atoms with Gasteiger partial charge >= 0.3 is 0 Å². The van der Waals surface area contributed by atoms with E-state index in [2.05, 4.69) is 26.3 Å². The summed E-state index contributed by atoms with van der Waals surface area (Å²) in [5.74, 6) is -2.36. The van der Waals surface area contributed by atoms with Gasteiger partial charge in [0.05, 0.1) is 22.4 Å². The first-order valence-electron chi connectivity index (χ1n) is 7.90. The molecule has 0 radical (unpaired) electrons. The molecule has 0 fully saturated rings. The normalized spacial score (nSPS) is 10.8. The Morgan fingerprint density at radius 2 is 1.92 bits per heavy atom. The van der Waals surface area contributed by atoms with E-state index in [-0.39, 0.29) is 5.69 Å². The van der Waals surface area contributed by atoms with E-state index in [4.69, 9.17) is 0 Å². The largest absolute Gasteiger partial charge is 0.322 e. The van der Waals surface area contributed by atoms with Crippen molar-refractivity contribution in [2.45, 2.75) is 20.4 Å². The Kier molecular flexibility index (Phi) is 5.18. The molecule has 0 spiro atoms. The van der Waals surface area contributed by atoms with E-state index in [9.17, 15) is 13.6 Å². The summed E-state index contributed by atoms with van der Waals surface area (Å²) in [4.78, 5) is 12.4. The average Bonchev–Trinajstić information content (AvgIpc) is 2.85. The first-order chi connectivity index (χ1) is 12.3. The van der Waals surface area contributed by atoms with Crippen molar-refractivity contribution < 1.29 is 13.6 Å². The van der Waals surface area contributed by atoms with Gasteiger partial charge < -0.3 is 5.32 Å². The van der Waals surface area contributed by atoms with E-state index in [1.807, 2.05) is 24.6 Å². The highest BCUT2D eigenvalue weighted by molar-refractivity contribution is 9.10. The third-order valence-electron chi connectivity index (χ3n) is 3.99. The summed E-state index contributed by atoms with van der Waals surface area (Å²) in [6.45, 7) is 4.40. The molecule has 2 aromatic carbocycles. The third-order valence-corrected chi connectivity index (χ3v) is 5.14. The van der Waals surface area contributed by atoms with Gasteiger partial charge in [0.25, 0.3) is 5.91 Å².